The van der Waals surface area contributed by atoms with Crippen molar-refractivity contribution in [3.8, 4) is 0 Å². The number of rotatable bonds is 8. The van der Waals surface area contributed by atoms with Crippen LogP contribution in [0.5, 0.6) is 0 Å². The molecule has 1 aromatic heterocycles. The van der Waals surface area contributed by atoms with Crippen LogP contribution in [0.25, 0.3) is 0 Å². The summed E-state index contributed by atoms with van der Waals surface area (Å²) in [6.07, 6.45) is 2.76. The second-order valence-corrected chi connectivity index (χ2v) is 6.36. The molecule has 19 heavy (non-hydrogen) atoms. The molecule has 1 heterocycles. The van der Waals surface area contributed by atoms with Gasteiger partial charge in [-0.3, -0.25) is 9.69 Å². The summed E-state index contributed by atoms with van der Waals surface area (Å²) in [7, 11) is 0. The van der Waals surface area contributed by atoms with Crippen molar-refractivity contribution >= 4 is 17.2 Å². The van der Waals surface area contributed by atoms with Crippen LogP contribution in [-0.2, 0) is 11.3 Å². The first-order chi connectivity index (χ1) is 8.96. The van der Waals surface area contributed by atoms with Crippen molar-refractivity contribution in [2.45, 2.75) is 39.3 Å². The van der Waals surface area contributed by atoms with Crippen molar-refractivity contribution in [1.29, 1.82) is 0 Å². The lowest BCUT2D eigenvalue weighted by Crippen LogP contribution is -2.47. The van der Waals surface area contributed by atoms with Gasteiger partial charge in [-0.1, -0.05) is 19.1 Å². The normalized spacial score (nSPS) is 11.6. The number of hydrogen-bond acceptors (Lipinski definition) is 3. The molecule has 0 aliphatic rings. The molecule has 1 N–H and O–H groups in total. The van der Waals surface area contributed by atoms with E-state index in [-0.39, 0.29) is 11.4 Å². The predicted octanol–water partition coefficient (Wildman–Crippen LogP) is 3.04. The topological polar surface area (TPSA) is 32.3 Å². The lowest BCUT2D eigenvalue weighted by Gasteiger charge is -2.27. The SMILES string of the molecule is C=CCN(CC(=O)NC(C)(C)CC)Cc1cccs1. The van der Waals surface area contributed by atoms with Gasteiger partial charge in [0.15, 0.2) is 0 Å². The molecule has 0 unspecified atom stereocenters. The smallest absolute Gasteiger partial charge is 0.234 e. The maximum atomic E-state index is 12.0. The highest BCUT2D eigenvalue weighted by Gasteiger charge is 2.19. The summed E-state index contributed by atoms with van der Waals surface area (Å²) < 4.78 is 0. The molecule has 0 aliphatic carbocycles. The fraction of sp³-hybridized carbons (Fsp3) is 0.533. The second-order valence-electron chi connectivity index (χ2n) is 5.32. The summed E-state index contributed by atoms with van der Waals surface area (Å²) in [6, 6.07) is 4.13. The van der Waals surface area contributed by atoms with E-state index in [4.69, 9.17) is 0 Å². The molecule has 0 fully saturated rings. The Morgan fingerprint density at radius 1 is 1.58 bits per heavy atom. The van der Waals surface area contributed by atoms with E-state index in [9.17, 15) is 4.79 Å². The Morgan fingerprint density at radius 2 is 2.32 bits per heavy atom. The van der Waals surface area contributed by atoms with Crippen LogP contribution in [0.4, 0.5) is 0 Å². The van der Waals surface area contributed by atoms with Crippen molar-refractivity contribution in [1.82, 2.24) is 10.2 Å². The van der Waals surface area contributed by atoms with Gasteiger partial charge in [0.05, 0.1) is 6.54 Å². The standard InChI is InChI=1S/C15H24N2OS/c1-5-9-17(11-13-8-7-10-19-13)12-14(18)16-15(3,4)6-2/h5,7-8,10H,1,6,9,11-12H2,2-4H3,(H,16,18). The van der Waals surface area contributed by atoms with E-state index in [2.05, 4.69) is 35.2 Å². The van der Waals surface area contributed by atoms with E-state index in [0.29, 0.717) is 6.54 Å². The molecule has 0 spiro atoms. The number of carbonyl (C=O) groups excluding carboxylic acids is 1. The van der Waals surface area contributed by atoms with Crippen molar-refractivity contribution in [3.05, 3.63) is 35.0 Å². The Kier molecular flexibility index (Phi) is 6.25. The van der Waals surface area contributed by atoms with Gasteiger partial charge in [-0.2, -0.15) is 0 Å². The van der Waals surface area contributed by atoms with Gasteiger partial charge in [0.25, 0.3) is 0 Å². The van der Waals surface area contributed by atoms with Crippen LogP contribution in [0.1, 0.15) is 32.1 Å². The molecule has 1 amide bonds. The second kappa shape index (κ2) is 7.46. The van der Waals surface area contributed by atoms with Gasteiger partial charge in [-0.05, 0) is 31.7 Å². The van der Waals surface area contributed by atoms with Crippen LogP contribution >= 0.6 is 11.3 Å². The third-order valence-corrected chi connectivity index (χ3v) is 3.94. The first-order valence-corrected chi connectivity index (χ1v) is 7.51. The highest BCUT2D eigenvalue weighted by atomic mass is 32.1. The quantitative estimate of drug-likeness (QED) is 0.742. The molecule has 0 bridgehead atoms. The molecule has 0 atom stereocenters. The average molecular weight is 280 g/mol. The van der Waals surface area contributed by atoms with Crippen LogP contribution < -0.4 is 5.32 Å². The maximum absolute atomic E-state index is 12.0. The monoisotopic (exact) mass is 280 g/mol. The van der Waals surface area contributed by atoms with Crippen molar-refractivity contribution in [3.63, 3.8) is 0 Å². The van der Waals surface area contributed by atoms with Crippen LogP contribution in [0.3, 0.4) is 0 Å². The minimum Gasteiger partial charge on any atom is -0.350 e. The lowest BCUT2D eigenvalue weighted by atomic mass is 10.0. The summed E-state index contributed by atoms with van der Waals surface area (Å²) in [6.45, 7) is 11.8. The summed E-state index contributed by atoms with van der Waals surface area (Å²) in [5.74, 6) is 0.0743. The molecule has 0 aliphatic heterocycles. The zero-order chi connectivity index (χ0) is 14.3. The molecule has 1 rings (SSSR count). The molecular weight excluding hydrogens is 256 g/mol. The average Bonchev–Trinajstić information content (AvgIpc) is 2.81. The molecule has 106 valence electrons. The summed E-state index contributed by atoms with van der Waals surface area (Å²) in [4.78, 5) is 15.4. The first-order valence-electron chi connectivity index (χ1n) is 6.63. The number of carbonyl (C=O) groups is 1. The number of nitrogens with one attached hydrogen (secondary N) is 1. The van der Waals surface area contributed by atoms with Crippen molar-refractivity contribution in [2.75, 3.05) is 13.1 Å². The van der Waals surface area contributed by atoms with Crippen LogP contribution in [0, 0.1) is 0 Å². The largest absolute Gasteiger partial charge is 0.350 e. The molecule has 0 radical (unpaired) electrons. The first kappa shape index (κ1) is 15.9. The molecule has 0 saturated heterocycles. The maximum Gasteiger partial charge on any atom is 0.234 e. The molecule has 0 aromatic carbocycles. The molecule has 3 nitrogen and oxygen atoms in total. The highest BCUT2D eigenvalue weighted by molar-refractivity contribution is 7.09. The van der Waals surface area contributed by atoms with E-state index in [1.54, 1.807) is 11.3 Å². The third kappa shape index (κ3) is 6.03. The Balaban J connectivity index is 2.53. The van der Waals surface area contributed by atoms with Crippen LogP contribution in [-0.4, -0.2) is 29.4 Å². The summed E-state index contributed by atoms with van der Waals surface area (Å²) in [5, 5.41) is 5.12. The van der Waals surface area contributed by atoms with E-state index in [1.165, 1.54) is 4.88 Å². The summed E-state index contributed by atoms with van der Waals surface area (Å²) >= 11 is 1.71. The molecular formula is C15H24N2OS. The van der Waals surface area contributed by atoms with E-state index in [0.717, 1.165) is 19.5 Å². The fourth-order valence-electron chi connectivity index (χ4n) is 1.70. The van der Waals surface area contributed by atoms with E-state index in [1.807, 2.05) is 26.0 Å². The predicted molar refractivity (Wildman–Crippen MR) is 82.3 cm³/mol. The van der Waals surface area contributed by atoms with Crippen molar-refractivity contribution < 1.29 is 4.79 Å². The van der Waals surface area contributed by atoms with E-state index >= 15 is 0 Å². The van der Waals surface area contributed by atoms with Crippen molar-refractivity contribution in [2.24, 2.45) is 0 Å². The van der Waals surface area contributed by atoms with Gasteiger partial charge in [-0.15, -0.1) is 17.9 Å². The van der Waals surface area contributed by atoms with Gasteiger partial charge in [-0.25, -0.2) is 0 Å². The zero-order valence-corrected chi connectivity index (χ0v) is 12.9. The van der Waals surface area contributed by atoms with Gasteiger partial charge in [0, 0.05) is 23.5 Å². The van der Waals surface area contributed by atoms with Gasteiger partial charge in [0.1, 0.15) is 0 Å². The minimum atomic E-state index is -0.139. The van der Waals surface area contributed by atoms with Crippen LogP contribution in [0.15, 0.2) is 30.2 Å². The molecule has 0 saturated carbocycles. The Hall–Kier alpha value is -1.13. The van der Waals surface area contributed by atoms with E-state index < -0.39 is 0 Å². The Bertz CT molecular complexity index is 398. The Labute approximate surface area is 120 Å². The number of amides is 1. The minimum absolute atomic E-state index is 0.0743. The zero-order valence-electron chi connectivity index (χ0n) is 12.1. The molecule has 4 heteroatoms. The van der Waals surface area contributed by atoms with Gasteiger partial charge in [0.2, 0.25) is 5.91 Å². The fourth-order valence-corrected chi connectivity index (χ4v) is 2.45. The Morgan fingerprint density at radius 3 is 2.84 bits per heavy atom. The summed E-state index contributed by atoms with van der Waals surface area (Å²) in [5.41, 5.74) is -0.139. The lowest BCUT2D eigenvalue weighted by molar-refractivity contribution is -0.123. The van der Waals surface area contributed by atoms with Crippen LogP contribution in [0.2, 0.25) is 0 Å². The van der Waals surface area contributed by atoms with Gasteiger partial charge < -0.3 is 5.32 Å². The molecule has 1 aromatic rings. The number of nitrogens with zero attached hydrogens (tertiary/aromatic N) is 1. The van der Waals surface area contributed by atoms with Gasteiger partial charge >= 0.3 is 0 Å². The highest BCUT2D eigenvalue weighted by Crippen LogP contribution is 2.12. The third-order valence-electron chi connectivity index (χ3n) is 3.08. The number of hydrogen-bond donors (Lipinski definition) is 1. The number of thiophene rings is 1.